The van der Waals surface area contributed by atoms with Crippen LogP contribution < -0.4 is 10.6 Å². The van der Waals surface area contributed by atoms with Crippen LogP contribution in [0.15, 0.2) is 18.2 Å². The van der Waals surface area contributed by atoms with Gasteiger partial charge in [-0.1, -0.05) is 25.1 Å². The summed E-state index contributed by atoms with van der Waals surface area (Å²) < 4.78 is 0. The quantitative estimate of drug-likeness (QED) is 0.837. The fourth-order valence-electron chi connectivity index (χ4n) is 3.22. The SMILES string of the molecule is CCCN(CC(=O)Nc1c(C)cccc1C)C1CCNCC1.Cl. The summed E-state index contributed by atoms with van der Waals surface area (Å²) in [6.45, 7) is 9.86. The van der Waals surface area contributed by atoms with E-state index in [1.807, 2.05) is 32.0 Å². The summed E-state index contributed by atoms with van der Waals surface area (Å²) >= 11 is 0. The van der Waals surface area contributed by atoms with Gasteiger partial charge in [0.2, 0.25) is 5.91 Å². The first kappa shape index (κ1) is 19.9. The molecule has 0 aliphatic carbocycles. The Kier molecular flexibility index (Phi) is 8.59. The number of anilines is 1. The van der Waals surface area contributed by atoms with Crippen LogP contribution in [0, 0.1) is 13.8 Å². The van der Waals surface area contributed by atoms with E-state index in [9.17, 15) is 4.79 Å². The summed E-state index contributed by atoms with van der Waals surface area (Å²) in [6, 6.07) is 6.64. The number of benzene rings is 1. The minimum absolute atomic E-state index is 0. The standard InChI is InChI=1S/C18H29N3O.ClH/c1-4-12-21(16-8-10-19-11-9-16)13-17(22)20-18-14(2)6-5-7-15(18)3;/h5-7,16,19H,4,8-13H2,1-3H3,(H,20,22);1H. The lowest BCUT2D eigenvalue weighted by Crippen LogP contribution is -2.46. The highest BCUT2D eigenvalue weighted by atomic mass is 35.5. The number of hydrogen-bond acceptors (Lipinski definition) is 3. The largest absolute Gasteiger partial charge is 0.324 e. The van der Waals surface area contributed by atoms with Crippen LogP contribution in [0.3, 0.4) is 0 Å². The van der Waals surface area contributed by atoms with Gasteiger partial charge in [0, 0.05) is 11.7 Å². The molecule has 0 bridgehead atoms. The smallest absolute Gasteiger partial charge is 0.238 e. The van der Waals surface area contributed by atoms with Gasteiger partial charge < -0.3 is 10.6 Å². The highest BCUT2D eigenvalue weighted by molar-refractivity contribution is 5.93. The van der Waals surface area contributed by atoms with Gasteiger partial charge in [-0.15, -0.1) is 12.4 Å². The number of piperidine rings is 1. The molecule has 4 nitrogen and oxygen atoms in total. The second-order valence-electron chi connectivity index (χ2n) is 6.27. The molecule has 130 valence electrons. The Morgan fingerprint density at radius 3 is 2.43 bits per heavy atom. The summed E-state index contributed by atoms with van der Waals surface area (Å²) in [5.41, 5.74) is 3.21. The number of para-hydroxylation sites is 1. The van der Waals surface area contributed by atoms with Crippen molar-refractivity contribution in [2.75, 3.05) is 31.5 Å². The van der Waals surface area contributed by atoms with Gasteiger partial charge in [-0.05, 0) is 63.9 Å². The molecule has 0 radical (unpaired) electrons. The average Bonchev–Trinajstić information content (AvgIpc) is 2.51. The summed E-state index contributed by atoms with van der Waals surface area (Å²) in [7, 11) is 0. The molecule has 0 aromatic heterocycles. The second-order valence-corrected chi connectivity index (χ2v) is 6.27. The maximum atomic E-state index is 12.5. The van der Waals surface area contributed by atoms with Crippen molar-refractivity contribution in [3.8, 4) is 0 Å². The van der Waals surface area contributed by atoms with Gasteiger partial charge in [0.1, 0.15) is 0 Å². The average molecular weight is 340 g/mol. The molecule has 0 saturated carbocycles. The molecule has 1 fully saturated rings. The summed E-state index contributed by atoms with van der Waals surface area (Å²) in [5.74, 6) is 0.101. The number of nitrogens with one attached hydrogen (secondary N) is 2. The van der Waals surface area contributed by atoms with E-state index >= 15 is 0 Å². The lowest BCUT2D eigenvalue weighted by molar-refractivity contribution is -0.118. The molecule has 1 saturated heterocycles. The Bertz CT molecular complexity index is 481. The van der Waals surface area contributed by atoms with Gasteiger partial charge >= 0.3 is 0 Å². The van der Waals surface area contributed by atoms with Crippen LogP contribution >= 0.6 is 12.4 Å². The fraction of sp³-hybridized carbons (Fsp3) is 0.611. The number of carbonyl (C=O) groups excluding carboxylic acids is 1. The Labute approximate surface area is 146 Å². The fourth-order valence-corrected chi connectivity index (χ4v) is 3.22. The van der Waals surface area contributed by atoms with Gasteiger partial charge in [0.15, 0.2) is 0 Å². The van der Waals surface area contributed by atoms with Crippen molar-refractivity contribution >= 4 is 24.0 Å². The topological polar surface area (TPSA) is 44.4 Å². The van der Waals surface area contributed by atoms with Gasteiger partial charge in [-0.2, -0.15) is 0 Å². The van der Waals surface area contributed by atoms with Crippen molar-refractivity contribution in [3.05, 3.63) is 29.3 Å². The molecule has 1 aliphatic rings. The van der Waals surface area contributed by atoms with Crippen molar-refractivity contribution < 1.29 is 4.79 Å². The first-order valence-corrected chi connectivity index (χ1v) is 8.42. The molecule has 1 aliphatic heterocycles. The Morgan fingerprint density at radius 1 is 1.26 bits per heavy atom. The molecule has 1 amide bonds. The summed E-state index contributed by atoms with van der Waals surface area (Å²) in [6.07, 6.45) is 3.36. The van der Waals surface area contributed by atoms with Crippen molar-refractivity contribution in [3.63, 3.8) is 0 Å². The molecular weight excluding hydrogens is 310 g/mol. The van der Waals surface area contributed by atoms with E-state index in [2.05, 4.69) is 22.5 Å². The zero-order valence-electron chi connectivity index (χ0n) is 14.5. The van der Waals surface area contributed by atoms with Crippen molar-refractivity contribution in [1.29, 1.82) is 0 Å². The van der Waals surface area contributed by atoms with Crippen LogP contribution in [-0.4, -0.2) is 43.0 Å². The van der Waals surface area contributed by atoms with Crippen LogP contribution in [0.2, 0.25) is 0 Å². The zero-order valence-corrected chi connectivity index (χ0v) is 15.3. The normalized spacial score (nSPS) is 15.3. The van der Waals surface area contributed by atoms with E-state index in [1.165, 1.54) is 0 Å². The molecular formula is C18H30ClN3O. The highest BCUT2D eigenvalue weighted by Crippen LogP contribution is 2.20. The molecule has 0 unspecified atom stereocenters. The van der Waals surface area contributed by atoms with E-state index < -0.39 is 0 Å². The summed E-state index contributed by atoms with van der Waals surface area (Å²) in [5, 5.41) is 6.50. The van der Waals surface area contributed by atoms with Crippen molar-refractivity contribution in [2.45, 2.75) is 46.1 Å². The Balaban J connectivity index is 0.00000264. The summed E-state index contributed by atoms with van der Waals surface area (Å²) in [4.78, 5) is 14.8. The monoisotopic (exact) mass is 339 g/mol. The van der Waals surface area contributed by atoms with Crippen molar-refractivity contribution in [2.24, 2.45) is 0 Å². The third-order valence-electron chi connectivity index (χ3n) is 4.43. The maximum absolute atomic E-state index is 12.5. The minimum atomic E-state index is 0. The van der Waals surface area contributed by atoms with Gasteiger partial charge in [-0.25, -0.2) is 0 Å². The third kappa shape index (κ3) is 5.79. The number of nitrogens with zero attached hydrogens (tertiary/aromatic N) is 1. The number of aryl methyl sites for hydroxylation is 2. The van der Waals surface area contributed by atoms with E-state index in [1.54, 1.807) is 0 Å². The van der Waals surface area contributed by atoms with E-state index in [0.717, 1.165) is 55.7 Å². The predicted octanol–water partition coefficient (Wildman–Crippen LogP) is 3.13. The van der Waals surface area contributed by atoms with E-state index in [-0.39, 0.29) is 18.3 Å². The molecule has 0 atom stereocenters. The molecule has 1 aromatic rings. The van der Waals surface area contributed by atoms with E-state index in [4.69, 9.17) is 0 Å². The van der Waals surface area contributed by atoms with Crippen molar-refractivity contribution in [1.82, 2.24) is 10.2 Å². The molecule has 2 rings (SSSR count). The molecule has 2 N–H and O–H groups in total. The molecule has 0 spiro atoms. The number of hydrogen-bond donors (Lipinski definition) is 2. The van der Waals surface area contributed by atoms with Gasteiger partial charge in [0.05, 0.1) is 6.54 Å². The molecule has 1 heterocycles. The molecule has 5 heteroatoms. The highest BCUT2D eigenvalue weighted by Gasteiger charge is 2.22. The number of carbonyl (C=O) groups is 1. The number of rotatable bonds is 6. The van der Waals surface area contributed by atoms with Gasteiger partial charge in [-0.3, -0.25) is 9.69 Å². The molecule has 23 heavy (non-hydrogen) atoms. The third-order valence-corrected chi connectivity index (χ3v) is 4.43. The lowest BCUT2D eigenvalue weighted by atomic mass is 10.0. The van der Waals surface area contributed by atoms with Crippen LogP contribution in [0.4, 0.5) is 5.69 Å². The first-order chi connectivity index (χ1) is 10.6. The van der Waals surface area contributed by atoms with Crippen LogP contribution in [0.1, 0.15) is 37.3 Å². The maximum Gasteiger partial charge on any atom is 0.238 e. The Hall–Kier alpha value is -1.10. The molecule has 1 aromatic carbocycles. The zero-order chi connectivity index (χ0) is 15.9. The second kappa shape index (κ2) is 9.91. The first-order valence-electron chi connectivity index (χ1n) is 8.42. The minimum Gasteiger partial charge on any atom is -0.324 e. The van der Waals surface area contributed by atoms with Crippen LogP contribution in [0.25, 0.3) is 0 Å². The lowest BCUT2D eigenvalue weighted by Gasteiger charge is -2.34. The predicted molar refractivity (Wildman–Crippen MR) is 99.5 cm³/mol. The van der Waals surface area contributed by atoms with E-state index in [0.29, 0.717) is 12.6 Å². The number of halogens is 1. The number of amides is 1. The van der Waals surface area contributed by atoms with Crippen LogP contribution in [-0.2, 0) is 4.79 Å². The van der Waals surface area contributed by atoms with Gasteiger partial charge in [0.25, 0.3) is 0 Å². The van der Waals surface area contributed by atoms with Crippen LogP contribution in [0.5, 0.6) is 0 Å². The Morgan fingerprint density at radius 2 is 1.87 bits per heavy atom.